The third-order valence-corrected chi connectivity index (χ3v) is 3.66. The molecular weight excluding hydrogens is 270 g/mol. The first-order valence-electron chi connectivity index (χ1n) is 6.90. The van der Waals surface area contributed by atoms with Crippen LogP contribution < -0.4 is 0 Å². The van der Waals surface area contributed by atoms with Crippen molar-refractivity contribution in [2.24, 2.45) is 0 Å². The molecule has 1 rings (SSSR count). The number of carbonyl (C=O) groups excluding carboxylic acids is 3. The lowest BCUT2D eigenvalue weighted by atomic mass is 9.98. The van der Waals surface area contributed by atoms with Gasteiger partial charge in [-0.25, -0.2) is 0 Å². The summed E-state index contributed by atoms with van der Waals surface area (Å²) in [6.45, 7) is 12.3. The van der Waals surface area contributed by atoms with E-state index in [1.807, 2.05) is 0 Å². The molecule has 0 aromatic heterocycles. The highest BCUT2D eigenvalue weighted by atomic mass is 16.5. The van der Waals surface area contributed by atoms with Crippen LogP contribution in [0.4, 0.5) is 0 Å². The Labute approximate surface area is 125 Å². The average molecular weight is 293 g/mol. The Morgan fingerprint density at radius 1 is 1.33 bits per heavy atom. The molecule has 0 N–H and O–H groups in total. The van der Waals surface area contributed by atoms with Crippen LogP contribution in [0.25, 0.3) is 0 Å². The quantitative estimate of drug-likeness (QED) is 0.532. The summed E-state index contributed by atoms with van der Waals surface area (Å²) in [5.41, 5.74) is -1.18. The average Bonchev–Trinajstić information content (AvgIpc) is 2.61. The minimum Gasteiger partial charge on any atom is -0.367 e. The highest BCUT2D eigenvalue weighted by Crippen LogP contribution is 2.26. The molecule has 116 valence electrons. The van der Waals surface area contributed by atoms with Gasteiger partial charge in [0.1, 0.15) is 5.60 Å². The van der Waals surface area contributed by atoms with Gasteiger partial charge in [0.05, 0.1) is 6.61 Å². The van der Waals surface area contributed by atoms with Crippen molar-refractivity contribution in [1.82, 2.24) is 4.90 Å². The number of carbonyl (C=O) groups is 3. The summed E-state index contributed by atoms with van der Waals surface area (Å²) >= 11 is 0. The fraction of sp³-hybridized carbons (Fsp3) is 0.562. The van der Waals surface area contributed by atoms with Crippen LogP contribution in [0.1, 0.15) is 41.0 Å². The van der Waals surface area contributed by atoms with E-state index in [-0.39, 0.29) is 24.2 Å². The predicted molar refractivity (Wildman–Crippen MR) is 79.5 cm³/mol. The molecule has 5 nitrogen and oxygen atoms in total. The van der Waals surface area contributed by atoms with Gasteiger partial charge in [-0.15, -0.1) is 0 Å². The van der Waals surface area contributed by atoms with Crippen molar-refractivity contribution in [2.75, 3.05) is 6.61 Å². The SMILES string of the molecule is C=CC(=O)C(C)(C)OCCC(C)(C)N1C(=O)C=C(C)C1=O. The monoisotopic (exact) mass is 293 g/mol. The number of nitrogens with zero attached hydrogens (tertiary/aromatic N) is 1. The van der Waals surface area contributed by atoms with Gasteiger partial charge in [0, 0.05) is 17.2 Å². The number of ketones is 1. The van der Waals surface area contributed by atoms with E-state index >= 15 is 0 Å². The van der Waals surface area contributed by atoms with Crippen LogP contribution in [0.15, 0.2) is 24.3 Å². The third-order valence-electron chi connectivity index (χ3n) is 3.66. The van der Waals surface area contributed by atoms with Gasteiger partial charge in [-0.1, -0.05) is 6.58 Å². The molecule has 0 saturated heterocycles. The Morgan fingerprint density at radius 2 is 1.90 bits per heavy atom. The molecule has 0 unspecified atom stereocenters. The first-order chi connectivity index (χ1) is 9.53. The van der Waals surface area contributed by atoms with E-state index in [0.717, 1.165) is 0 Å². The predicted octanol–water partition coefficient (Wildman–Crippen LogP) is 2.02. The van der Waals surface area contributed by atoms with E-state index in [4.69, 9.17) is 4.74 Å². The van der Waals surface area contributed by atoms with Crippen molar-refractivity contribution in [1.29, 1.82) is 0 Å². The number of ether oxygens (including phenoxy) is 1. The zero-order chi connectivity index (χ0) is 16.4. The van der Waals surface area contributed by atoms with Crippen molar-refractivity contribution >= 4 is 17.6 Å². The summed E-state index contributed by atoms with van der Waals surface area (Å²) in [6, 6.07) is 0. The first kappa shape index (κ1) is 17.3. The maximum Gasteiger partial charge on any atom is 0.257 e. The van der Waals surface area contributed by atoms with Gasteiger partial charge in [-0.05, 0) is 47.1 Å². The molecule has 1 aliphatic heterocycles. The van der Waals surface area contributed by atoms with E-state index in [9.17, 15) is 14.4 Å². The second-order valence-electron chi connectivity index (χ2n) is 6.30. The molecule has 1 aliphatic rings. The van der Waals surface area contributed by atoms with E-state index in [2.05, 4.69) is 6.58 Å². The lowest BCUT2D eigenvalue weighted by Gasteiger charge is -2.35. The van der Waals surface area contributed by atoms with Crippen LogP contribution >= 0.6 is 0 Å². The summed E-state index contributed by atoms with van der Waals surface area (Å²) < 4.78 is 5.59. The van der Waals surface area contributed by atoms with Gasteiger partial charge < -0.3 is 4.74 Å². The smallest absolute Gasteiger partial charge is 0.257 e. The van der Waals surface area contributed by atoms with Crippen molar-refractivity contribution < 1.29 is 19.1 Å². The molecule has 0 saturated carbocycles. The normalized spacial score (nSPS) is 16.2. The molecule has 0 atom stereocenters. The van der Waals surface area contributed by atoms with Gasteiger partial charge in [0.25, 0.3) is 11.8 Å². The molecule has 21 heavy (non-hydrogen) atoms. The van der Waals surface area contributed by atoms with Crippen LogP contribution in [0, 0.1) is 0 Å². The molecule has 0 spiro atoms. The topological polar surface area (TPSA) is 63.7 Å². The molecule has 0 radical (unpaired) electrons. The Bertz CT molecular complexity index is 514. The Balaban J connectivity index is 2.67. The lowest BCUT2D eigenvalue weighted by Crippen LogP contribution is -2.49. The molecule has 2 amide bonds. The minimum atomic E-state index is -0.953. The molecule has 0 aromatic carbocycles. The van der Waals surface area contributed by atoms with Crippen molar-refractivity contribution in [3.8, 4) is 0 Å². The minimum absolute atomic E-state index is 0.203. The lowest BCUT2D eigenvalue weighted by molar-refractivity contribution is -0.146. The number of hydrogen-bond donors (Lipinski definition) is 0. The zero-order valence-corrected chi connectivity index (χ0v) is 13.4. The highest BCUT2D eigenvalue weighted by molar-refractivity contribution is 6.16. The van der Waals surface area contributed by atoms with Gasteiger partial charge in [0.2, 0.25) is 0 Å². The second kappa shape index (κ2) is 5.93. The molecule has 1 heterocycles. The van der Waals surface area contributed by atoms with Gasteiger partial charge in [-0.3, -0.25) is 19.3 Å². The van der Waals surface area contributed by atoms with Gasteiger partial charge in [0.15, 0.2) is 5.78 Å². The molecule has 0 fully saturated rings. The van der Waals surface area contributed by atoms with Crippen LogP contribution in [0.3, 0.4) is 0 Å². The molecule has 0 bridgehead atoms. The van der Waals surface area contributed by atoms with Crippen molar-refractivity contribution in [3.63, 3.8) is 0 Å². The van der Waals surface area contributed by atoms with Crippen LogP contribution in [0.2, 0.25) is 0 Å². The maximum absolute atomic E-state index is 12.0. The van der Waals surface area contributed by atoms with Crippen molar-refractivity contribution in [2.45, 2.75) is 52.2 Å². The fourth-order valence-corrected chi connectivity index (χ4v) is 2.15. The van der Waals surface area contributed by atoms with E-state index in [1.165, 1.54) is 17.1 Å². The number of imide groups is 1. The standard InChI is InChI=1S/C16H23NO4/c1-7-12(18)16(5,6)21-9-8-15(3,4)17-13(19)10-11(2)14(17)20/h7,10H,1,8-9H2,2-6H3. The van der Waals surface area contributed by atoms with Gasteiger partial charge in [-0.2, -0.15) is 0 Å². The summed E-state index contributed by atoms with van der Waals surface area (Å²) in [4.78, 5) is 36.7. The zero-order valence-electron chi connectivity index (χ0n) is 13.4. The van der Waals surface area contributed by atoms with Crippen LogP contribution in [-0.4, -0.2) is 40.2 Å². The summed E-state index contributed by atoms with van der Waals surface area (Å²) in [6.07, 6.45) is 3.02. The number of rotatable bonds is 7. The molecule has 0 aliphatic carbocycles. The molecule has 0 aromatic rings. The summed E-state index contributed by atoms with van der Waals surface area (Å²) in [5, 5.41) is 0. The van der Waals surface area contributed by atoms with E-state index < -0.39 is 11.1 Å². The van der Waals surface area contributed by atoms with Crippen molar-refractivity contribution in [3.05, 3.63) is 24.3 Å². The number of hydrogen-bond acceptors (Lipinski definition) is 4. The van der Waals surface area contributed by atoms with E-state index in [1.54, 1.807) is 34.6 Å². The van der Waals surface area contributed by atoms with Gasteiger partial charge >= 0.3 is 0 Å². The molecule has 5 heteroatoms. The van der Waals surface area contributed by atoms with E-state index in [0.29, 0.717) is 12.0 Å². The second-order valence-corrected chi connectivity index (χ2v) is 6.30. The fourth-order valence-electron chi connectivity index (χ4n) is 2.15. The van der Waals surface area contributed by atoms with Crippen LogP contribution in [-0.2, 0) is 19.1 Å². The largest absolute Gasteiger partial charge is 0.367 e. The Hall–Kier alpha value is -1.75. The number of amides is 2. The third kappa shape index (κ3) is 3.67. The van der Waals surface area contributed by atoms with Crippen LogP contribution in [0.5, 0.6) is 0 Å². The molecular formula is C16H23NO4. The Kier molecular flexibility index (Phi) is 4.89. The Morgan fingerprint density at radius 3 is 2.33 bits per heavy atom. The summed E-state index contributed by atoms with van der Waals surface area (Å²) in [5.74, 6) is -0.776. The first-order valence-corrected chi connectivity index (χ1v) is 6.90. The highest BCUT2D eigenvalue weighted by Gasteiger charge is 2.40. The maximum atomic E-state index is 12.0. The summed E-state index contributed by atoms with van der Waals surface area (Å²) in [7, 11) is 0.